The molecule has 2 rings (SSSR count). The predicted molar refractivity (Wildman–Crippen MR) is 110 cm³/mol. The minimum Gasteiger partial charge on any atom is -0.490 e. The second-order valence-electron chi connectivity index (χ2n) is 6.48. The lowest BCUT2D eigenvalue weighted by molar-refractivity contribution is 0.191. The minimum absolute atomic E-state index is 0.270. The smallest absolute Gasteiger partial charge is 0.180 e. The molecule has 0 aliphatic heterocycles. The fourth-order valence-electron chi connectivity index (χ4n) is 2.58. The van der Waals surface area contributed by atoms with E-state index in [4.69, 9.17) is 21.1 Å². The summed E-state index contributed by atoms with van der Waals surface area (Å²) in [6.45, 7) is 7.13. The molecule has 0 aliphatic rings. The lowest BCUT2D eigenvalue weighted by Gasteiger charge is -2.16. The van der Waals surface area contributed by atoms with Crippen LogP contribution in [0.1, 0.15) is 25.0 Å². The summed E-state index contributed by atoms with van der Waals surface area (Å²) in [5, 5.41) is 16.2. The van der Waals surface area contributed by atoms with E-state index in [-0.39, 0.29) is 18.5 Å². The van der Waals surface area contributed by atoms with Crippen LogP contribution in [0.15, 0.2) is 36.4 Å². The van der Waals surface area contributed by atoms with Gasteiger partial charge in [-0.1, -0.05) is 23.7 Å². The Bertz CT molecular complexity index is 726. The zero-order valence-electron chi connectivity index (χ0n) is 16.3. The molecule has 28 heavy (non-hydrogen) atoms. The molecule has 7 heteroatoms. The van der Waals surface area contributed by atoms with Crippen molar-refractivity contribution < 1.29 is 19.0 Å². The van der Waals surface area contributed by atoms with E-state index in [0.29, 0.717) is 36.2 Å². The van der Waals surface area contributed by atoms with Crippen molar-refractivity contribution in [2.24, 2.45) is 0 Å². The first-order valence-corrected chi connectivity index (χ1v) is 9.79. The van der Waals surface area contributed by atoms with Crippen molar-refractivity contribution in [2.75, 3.05) is 26.2 Å². The first-order valence-electron chi connectivity index (χ1n) is 9.41. The molecule has 2 aromatic carbocycles. The van der Waals surface area contributed by atoms with Crippen LogP contribution < -0.4 is 20.1 Å². The fourth-order valence-corrected chi connectivity index (χ4v) is 2.87. The van der Waals surface area contributed by atoms with Crippen LogP contribution in [-0.2, 0) is 13.2 Å². The van der Waals surface area contributed by atoms with Gasteiger partial charge in [-0.05, 0) is 49.2 Å². The first-order chi connectivity index (χ1) is 13.5. The highest BCUT2D eigenvalue weighted by Crippen LogP contribution is 2.37. The lowest BCUT2D eigenvalue weighted by atomic mass is 10.2. The molecule has 0 amide bonds. The largest absolute Gasteiger partial charge is 0.490 e. The van der Waals surface area contributed by atoms with Crippen LogP contribution in [0.3, 0.4) is 0 Å². The van der Waals surface area contributed by atoms with E-state index in [2.05, 4.69) is 10.6 Å². The van der Waals surface area contributed by atoms with E-state index in [0.717, 1.165) is 24.2 Å². The minimum atomic E-state index is -0.352. The molecule has 0 spiro atoms. The van der Waals surface area contributed by atoms with E-state index >= 15 is 0 Å². The Morgan fingerprint density at radius 2 is 1.79 bits per heavy atom. The number of rotatable bonds is 12. The Morgan fingerprint density at radius 3 is 2.46 bits per heavy atom. The normalized spacial score (nSPS) is 12.0. The van der Waals surface area contributed by atoms with E-state index in [1.165, 1.54) is 12.1 Å². The Balaban J connectivity index is 1.95. The molecule has 2 aromatic rings. The number of hydrogen-bond donors (Lipinski definition) is 3. The van der Waals surface area contributed by atoms with Gasteiger partial charge in [-0.25, -0.2) is 4.39 Å². The molecule has 0 saturated heterocycles. The van der Waals surface area contributed by atoms with Crippen molar-refractivity contribution in [3.8, 4) is 11.5 Å². The van der Waals surface area contributed by atoms with Crippen molar-refractivity contribution in [3.05, 3.63) is 58.4 Å². The van der Waals surface area contributed by atoms with E-state index < -0.39 is 0 Å². The number of ether oxygens (including phenoxy) is 2. The maximum atomic E-state index is 13.0. The summed E-state index contributed by atoms with van der Waals surface area (Å²) in [6.07, 6.45) is -0.352. The number of hydrogen-bond acceptors (Lipinski definition) is 5. The van der Waals surface area contributed by atoms with Crippen LogP contribution in [0.25, 0.3) is 0 Å². The van der Waals surface area contributed by atoms with Crippen molar-refractivity contribution >= 4 is 11.6 Å². The van der Waals surface area contributed by atoms with Crippen LogP contribution in [-0.4, -0.2) is 37.5 Å². The number of nitrogens with one attached hydrogen (secondary N) is 2. The molecule has 0 saturated carbocycles. The van der Waals surface area contributed by atoms with E-state index in [1.807, 2.05) is 19.1 Å². The third-order valence-electron chi connectivity index (χ3n) is 3.91. The number of halogens is 2. The Kier molecular flexibility index (Phi) is 9.50. The quantitative estimate of drug-likeness (QED) is 0.467. The number of aliphatic hydroxyl groups is 1. The average Bonchev–Trinajstić information content (AvgIpc) is 2.65. The third kappa shape index (κ3) is 7.64. The van der Waals surface area contributed by atoms with E-state index in [1.54, 1.807) is 19.1 Å². The molecule has 154 valence electrons. The first kappa shape index (κ1) is 22.4. The van der Waals surface area contributed by atoms with Crippen LogP contribution in [0.2, 0.25) is 5.02 Å². The molecule has 0 aromatic heterocycles. The van der Waals surface area contributed by atoms with Gasteiger partial charge in [-0.2, -0.15) is 0 Å². The van der Waals surface area contributed by atoms with Gasteiger partial charge in [0.05, 0.1) is 17.7 Å². The van der Waals surface area contributed by atoms with Gasteiger partial charge in [0, 0.05) is 26.2 Å². The van der Waals surface area contributed by atoms with Gasteiger partial charge in [0.1, 0.15) is 12.4 Å². The van der Waals surface area contributed by atoms with Gasteiger partial charge in [-0.3, -0.25) is 0 Å². The summed E-state index contributed by atoms with van der Waals surface area (Å²) in [4.78, 5) is 0. The highest BCUT2D eigenvalue weighted by Gasteiger charge is 2.13. The monoisotopic (exact) mass is 410 g/mol. The van der Waals surface area contributed by atoms with Gasteiger partial charge in [0.25, 0.3) is 0 Å². The lowest BCUT2D eigenvalue weighted by Crippen LogP contribution is -2.31. The topological polar surface area (TPSA) is 62.8 Å². The molecule has 0 heterocycles. The molecular weight excluding hydrogens is 383 g/mol. The molecule has 0 radical (unpaired) electrons. The summed E-state index contributed by atoms with van der Waals surface area (Å²) < 4.78 is 24.6. The summed E-state index contributed by atoms with van der Waals surface area (Å²) >= 11 is 6.43. The molecule has 1 atom stereocenters. The summed E-state index contributed by atoms with van der Waals surface area (Å²) in [7, 11) is 0. The van der Waals surface area contributed by atoms with Gasteiger partial charge in [0.2, 0.25) is 0 Å². The van der Waals surface area contributed by atoms with Gasteiger partial charge < -0.3 is 25.2 Å². The van der Waals surface area contributed by atoms with Crippen molar-refractivity contribution in [1.82, 2.24) is 10.6 Å². The van der Waals surface area contributed by atoms with Crippen molar-refractivity contribution in [1.29, 1.82) is 0 Å². The summed E-state index contributed by atoms with van der Waals surface area (Å²) in [5.41, 5.74) is 1.83. The zero-order valence-corrected chi connectivity index (χ0v) is 17.1. The molecule has 0 unspecified atom stereocenters. The summed E-state index contributed by atoms with van der Waals surface area (Å²) in [5.74, 6) is 0.783. The van der Waals surface area contributed by atoms with Gasteiger partial charge >= 0.3 is 0 Å². The summed E-state index contributed by atoms with van der Waals surface area (Å²) in [6, 6.07) is 9.90. The maximum absolute atomic E-state index is 13.0. The molecule has 5 nitrogen and oxygen atoms in total. The predicted octanol–water partition coefficient (Wildman–Crippen LogP) is 3.52. The second-order valence-corrected chi connectivity index (χ2v) is 6.89. The SMILES string of the molecule is CCOc1cc(CNCCNC[C@H](C)O)cc(Cl)c1OCc1ccc(F)cc1. The van der Waals surface area contributed by atoms with Crippen LogP contribution >= 0.6 is 11.6 Å². The van der Waals surface area contributed by atoms with E-state index in [9.17, 15) is 9.50 Å². The molecule has 0 fully saturated rings. The molecular formula is C21H28ClFN2O3. The highest BCUT2D eigenvalue weighted by atomic mass is 35.5. The Hall–Kier alpha value is -1.86. The zero-order chi connectivity index (χ0) is 20.4. The number of benzene rings is 2. The average molecular weight is 411 g/mol. The van der Waals surface area contributed by atoms with Crippen LogP contribution in [0, 0.1) is 5.82 Å². The second kappa shape index (κ2) is 11.9. The van der Waals surface area contributed by atoms with Crippen molar-refractivity contribution in [3.63, 3.8) is 0 Å². The fraction of sp³-hybridized carbons (Fsp3) is 0.429. The molecule has 0 aliphatic carbocycles. The number of aliphatic hydroxyl groups excluding tert-OH is 1. The molecule has 0 bridgehead atoms. The van der Waals surface area contributed by atoms with Crippen molar-refractivity contribution in [2.45, 2.75) is 33.1 Å². The molecule has 3 N–H and O–H groups in total. The standard InChI is InChI=1S/C21H28ClFN2O3/c1-3-27-20-11-17(13-25-9-8-24-12-15(2)26)10-19(22)21(20)28-14-16-4-6-18(23)7-5-16/h4-7,10-11,15,24-26H,3,8-9,12-14H2,1-2H3/t15-/m0/s1. The Labute approximate surface area is 170 Å². The Morgan fingerprint density at radius 1 is 1.07 bits per heavy atom. The highest BCUT2D eigenvalue weighted by molar-refractivity contribution is 6.32. The van der Waals surface area contributed by atoms with Crippen LogP contribution in [0.4, 0.5) is 4.39 Å². The van der Waals surface area contributed by atoms with Crippen LogP contribution in [0.5, 0.6) is 11.5 Å². The maximum Gasteiger partial charge on any atom is 0.180 e. The van der Waals surface area contributed by atoms with Gasteiger partial charge in [-0.15, -0.1) is 0 Å². The third-order valence-corrected chi connectivity index (χ3v) is 4.19. The van der Waals surface area contributed by atoms with Gasteiger partial charge in [0.15, 0.2) is 11.5 Å².